The van der Waals surface area contributed by atoms with E-state index in [1.54, 1.807) is 0 Å². The molecule has 0 atom stereocenters. The Morgan fingerprint density at radius 2 is 1.83 bits per heavy atom. The Morgan fingerprint density at radius 3 is 2.43 bits per heavy atom. The van der Waals surface area contributed by atoms with Crippen molar-refractivity contribution in [3.05, 3.63) is 35.9 Å². The first kappa shape index (κ1) is 15.5. The van der Waals surface area contributed by atoms with E-state index in [-0.39, 0.29) is 12.5 Å². The summed E-state index contributed by atoms with van der Waals surface area (Å²) in [5.74, 6) is 0.338. The SMILES string of the molecule is O=C1CN(NC(=O)CC2CCC(c3ccccc3)CC2)C(=O)N1. The molecule has 23 heavy (non-hydrogen) atoms. The van der Waals surface area contributed by atoms with Crippen molar-refractivity contribution in [2.24, 2.45) is 5.92 Å². The predicted molar refractivity (Wildman–Crippen MR) is 84.1 cm³/mol. The first-order valence-electron chi connectivity index (χ1n) is 8.07. The van der Waals surface area contributed by atoms with E-state index in [0.717, 1.165) is 30.7 Å². The molecule has 6 heteroatoms. The van der Waals surface area contributed by atoms with E-state index in [1.165, 1.54) is 5.56 Å². The van der Waals surface area contributed by atoms with Crippen molar-refractivity contribution in [2.45, 2.75) is 38.0 Å². The van der Waals surface area contributed by atoms with Crippen molar-refractivity contribution in [3.8, 4) is 0 Å². The highest BCUT2D eigenvalue weighted by Crippen LogP contribution is 2.36. The molecule has 0 unspecified atom stereocenters. The fourth-order valence-electron chi connectivity index (χ4n) is 3.42. The maximum Gasteiger partial charge on any atom is 0.343 e. The van der Waals surface area contributed by atoms with Crippen LogP contribution in [0.1, 0.15) is 43.6 Å². The molecule has 1 aliphatic heterocycles. The fraction of sp³-hybridized carbons (Fsp3) is 0.471. The van der Waals surface area contributed by atoms with Gasteiger partial charge in [0.1, 0.15) is 6.54 Å². The van der Waals surface area contributed by atoms with E-state index in [0.29, 0.717) is 18.3 Å². The molecular weight excluding hydrogens is 294 g/mol. The summed E-state index contributed by atoms with van der Waals surface area (Å²) in [7, 11) is 0. The largest absolute Gasteiger partial charge is 0.343 e. The molecule has 1 saturated carbocycles. The van der Waals surface area contributed by atoms with Gasteiger partial charge in [-0.2, -0.15) is 0 Å². The van der Waals surface area contributed by atoms with Crippen LogP contribution in [0, 0.1) is 5.92 Å². The lowest BCUT2D eigenvalue weighted by atomic mass is 9.77. The second-order valence-corrected chi connectivity index (χ2v) is 6.31. The Labute approximate surface area is 135 Å². The van der Waals surface area contributed by atoms with E-state index >= 15 is 0 Å². The van der Waals surface area contributed by atoms with Crippen LogP contribution in [0.2, 0.25) is 0 Å². The van der Waals surface area contributed by atoms with E-state index in [9.17, 15) is 14.4 Å². The molecule has 0 radical (unpaired) electrons. The summed E-state index contributed by atoms with van der Waals surface area (Å²) in [6, 6.07) is 9.94. The molecule has 1 aliphatic carbocycles. The Kier molecular flexibility index (Phi) is 4.60. The lowest BCUT2D eigenvalue weighted by Gasteiger charge is -2.28. The summed E-state index contributed by atoms with van der Waals surface area (Å²) in [4.78, 5) is 34.5. The van der Waals surface area contributed by atoms with Gasteiger partial charge in [0.05, 0.1) is 0 Å². The van der Waals surface area contributed by atoms with E-state index in [2.05, 4.69) is 35.0 Å². The average Bonchev–Trinajstić information content (AvgIpc) is 2.86. The van der Waals surface area contributed by atoms with Gasteiger partial charge in [-0.15, -0.1) is 0 Å². The predicted octanol–water partition coefficient (Wildman–Crippen LogP) is 1.93. The number of nitrogens with one attached hydrogen (secondary N) is 2. The molecule has 0 spiro atoms. The highest BCUT2D eigenvalue weighted by molar-refractivity contribution is 6.02. The molecule has 0 bridgehead atoms. The van der Waals surface area contributed by atoms with E-state index in [4.69, 9.17) is 0 Å². The average molecular weight is 315 g/mol. The minimum absolute atomic E-state index is 0.106. The summed E-state index contributed by atoms with van der Waals surface area (Å²) < 4.78 is 0. The van der Waals surface area contributed by atoms with Crippen molar-refractivity contribution in [1.82, 2.24) is 15.8 Å². The van der Waals surface area contributed by atoms with Gasteiger partial charge in [0.2, 0.25) is 11.8 Å². The first-order chi connectivity index (χ1) is 11.1. The topological polar surface area (TPSA) is 78.5 Å². The molecule has 0 aromatic heterocycles. The van der Waals surface area contributed by atoms with Crippen molar-refractivity contribution in [1.29, 1.82) is 0 Å². The molecule has 122 valence electrons. The van der Waals surface area contributed by atoms with Crippen molar-refractivity contribution < 1.29 is 14.4 Å². The lowest BCUT2D eigenvalue weighted by molar-refractivity contribution is -0.126. The van der Waals surface area contributed by atoms with Crippen molar-refractivity contribution in [3.63, 3.8) is 0 Å². The van der Waals surface area contributed by atoms with E-state index in [1.807, 2.05) is 6.07 Å². The highest BCUT2D eigenvalue weighted by Gasteiger charge is 2.29. The van der Waals surface area contributed by atoms with Crippen LogP contribution >= 0.6 is 0 Å². The molecular formula is C17H21N3O3. The number of imide groups is 1. The third-order valence-corrected chi connectivity index (χ3v) is 4.64. The molecule has 1 aromatic rings. The Balaban J connectivity index is 1.44. The zero-order valence-electron chi connectivity index (χ0n) is 13.0. The minimum Gasteiger partial charge on any atom is -0.275 e. The van der Waals surface area contributed by atoms with Crippen molar-refractivity contribution in [2.75, 3.05) is 6.54 Å². The van der Waals surface area contributed by atoms with Gasteiger partial charge >= 0.3 is 6.03 Å². The number of amides is 4. The number of hydrogen-bond donors (Lipinski definition) is 2. The zero-order valence-corrected chi connectivity index (χ0v) is 13.0. The maximum atomic E-state index is 12.0. The molecule has 1 saturated heterocycles. The number of nitrogens with zero attached hydrogens (tertiary/aromatic N) is 1. The third kappa shape index (κ3) is 3.88. The second kappa shape index (κ2) is 6.81. The van der Waals surface area contributed by atoms with Crippen LogP contribution in [0.25, 0.3) is 0 Å². The molecule has 2 N–H and O–H groups in total. The number of hydrogen-bond acceptors (Lipinski definition) is 3. The molecule has 1 heterocycles. The first-order valence-corrected chi connectivity index (χ1v) is 8.07. The van der Waals surface area contributed by atoms with Gasteiger partial charge in [-0.05, 0) is 43.1 Å². The molecule has 6 nitrogen and oxygen atoms in total. The van der Waals surface area contributed by atoms with Gasteiger partial charge in [-0.3, -0.25) is 20.3 Å². The number of rotatable bonds is 4. The van der Waals surface area contributed by atoms with Gasteiger partial charge in [0.25, 0.3) is 0 Å². The Hall–Kier alpha value is -2.37. The molecule has 2 fully saturated rings. The molecule has 2 aliphatic rings. The minimum atomic E-state index is -0.559. The Morgan fingerprint density at radius 1 is 1.13 bits per heavy atom. The normalized spacial score (nSPS) is 24.4. The summed E-state index contributed by atoms with van der Waals surface area (Å²) in [5, 5.41) is 3.18. The van der Waals surface area contributed by atoms with Gasteiger partial charge < -0.3 is 0 Å². The maximum absolute atomic E-state index is 12.0. The summed E-state index contributed by atoms with van der Waals surface area (Å²) in [5.41, 5.74) is 3.89. The highest BCUT2D eigenvalue weighted by atomic mass is 16.2. The Bertz CT molecular complexity index is 594. The number of hydrazine groups is 1. The summed E-state index contributed by atoms with van der Waals surface area (Å²) >= 11 is 0. The number of urea groups is 1. The standard InChI is InChI=1S/C17H21N3O3/c21-15(19-20-11-16(22)18-17(20)23)10-12-6-8-14(9-7-12)13-4-2-1-3-5-13/h1-5,12,14H,6-11H2,(H,19,21)(H,18,22,23). The van der Waals surface area contributed by atoms with Crippen LogP contribution in [0.15, 0.2) is 30.3 Å². The third-order valence-electron chi connectivity index (χ3n) is 4.64. The number of carbonyl (C=O) groups is 3. The summed E-state index contributed by atoms with van der Waals surface area (Å²) in [6.45, 7) is -0.106. The van der Waals surface area contributed by atoms with Crippen LogP contribution in [-0.2, 0) is 9.59 Å². The van der Waals surface area contributed by atoms with Crippen LogP contribution < -0.4 is 10.7 Å². The van der Waals surface area contributed by atoms with Gasteiger partial charge in [-0.25, -0.2) is 9.80 Å². The van der Waals surface area contributed by atoms with Gasteiger partial charge in [0.15, 0.2) is 0 Å². The fourth-order valence-corrected chi connectivity index (χ4v) is 3.42. The van der Waals surface area contributed by atoms with Crippen molar-refractivity contribution >= 4 is 17.8 Å². The lowest BCUT2D eigenvalue weighted by Crippen LogP contribution is -2.44. The number of carbonyl (C=O) groups excluding carboxylic acids is 3. The van der Waals surface area contributed by atoms with Gasteiger partial charge in [0, 0.05) is 6.42 Å². The molecule has 1 aromatic carbocycles. The quantitative estimate of drug-likeness (QED) is 0.833. The monoisotopic (exact) mass is 315 g/mol. The van der Waals surface area contributed by atoms with Gasteiger partial charge in [-0.1, -0.05) is 30.3 Å². The van der Waals surface area contributed by atoms with Crippen LogP contribution in [0.4, 0.5) is 4.79 Å². The number of benzene rings is 1. The smallest absolute Gasteiger partial charge is 0.275 e. The zero-order chi connectivity index (χ0) is 16.2. The van der Waals surface area contributed by atoms with E-state index < -0.39 is 11.9 Å². The second-order valence-electron chi connectivity index (χ2n) is 6.31. The molecule has 3 rings (SSSR count). The van der Waals surface area contributed by atoms with Crippen LogP contribution in [0.5, 0.6) is 0 Å². The molecule has 4 amide bonds. The van der Waals surface area contributed by atoms with Crippen LogP contribution in [0.3, 0.4) is 0 Å². The summed E-state index contributed by atoms with van der Waals surface area (Å²) in [6.07, 6.45) is 4.60. The van der Waals surface area contributed by atoms with Crippen LogP contribution in [-0.4, -0.2) is 29.4 Å².